The Morgan fingerprint density at radius 1 is 0.643 bits per heavy atom. The average Bonchev–Trinajstić information content (AvgIpc) is 2.76. The van der Waals surface area contributed by atoms with Crippen molar-refractivity contribution in [2.75, 3.05) is 12.5 Å². The van der Waals surface area contributed by atoms with Gasteiger partial charge in [-0.25, -0.2) is 0 Å². The van der Waals surface area contributed by atoms with Crippen LogP contribution in [-0.4, -0.2) is 12.5 Å². The van der Waals surface area contributed by atoms with Crippen LogP contribution in [0.2, 0.25) is 0 Å². The first kappa shape index (κ1) is 20.5. The van der Waals surface area contributed by atoms with E-state index in [9.17, 15) is 0 Å². The maximum Gasteiger partial charge on any atom is 0.0249 e. The van der Waals surface area contributed by atoms with Crippen LogP contribution in [0.3, 0.4) is 0 Å². The molecule has 0 unspecified atom stereocenters. The van der Waals surface area contributed by atoms with Gasteiger partial charge in [0.2, 0.25) is 0 Å². The first-order valence-electron chi connectivity index (χ1n) is 9.48. The highest BCUT2D eigenvalue weighted by Crippen LogP contribution is 2.28. The van der Waals surface area contributed by atoms with Gasteiger partial charge in [0.05, 0.1) is 0 Å². The van der Waals surface area contributed by atoms with Gasteiger partial charge >= 0.3 is 0 Å². The van der Waals surface area contributed by atoms with Crippen molar-refractivity contribution in [1.29, 1.82) is 0 Å². The number of allylic oxidation sites excluding steroid dienone is 4. The lowest BCUT2D eigenvalue weighted by atomic mass is 9.89. The Labute approximate surface area is 177 Å². The number of benzene rings is 2. The molecular formula is C26H24S2. The van der Waals surface area contributed by atoms with Crippen LogP contribution in [0.25, 0.3) is 0 Å². The van der Waals surface area contributed by atoms with Crippen molar-refractivity contribution < 1.29 is 0 Å². The number of thioether (sulfide) groups is 2. The van der Waals surface area contributed by atoms with Gasteiger partial charge in [0, 0.05) is 20.9 Å². The summed E-state index contributed by atoms with van der Waals surface area (Å²) >= 11 is 3.50. The highest BCUT2D eigenvalue weighted by molar-refractivity contribution is 7.98. The van der Waals surface area contributed by atoms with Crippen LogP contribution < -0.4 is 0 Å². The molecule has 0 nitrogen and oxygen atoms in total. The summed E-state index contributed by atoms with van der Waals surface area (Å²) in [4.78, 5) is 2.53. The van der Waals surface area contributed by atoms with Gasteiger partial charge in [0.1, 0.15) is 0 Å². The van der Waals surface area contributed by atoms with Gasteiger partial charge in [-0.15, -0.1) is 23.5 Å². The minimum atomic E-state index is 1.06. The minimum absolute atomic E-state index is 1.06. The Hall–Kier alpha value is -2.26. The molecule has 28 heavy (non-hydrogen) atoms. The normalized spacial score (nSPS) is 16.2. The predicted octanol–water partition coefficient (Wildman–Crippen LogP) is 6.96. The SMILES string of the molecule is CSc1ccc(C#C/C=C2/CCCC/C2=C\C#Cc2ccc(SC)cc2)cc1. The summed E-state index contributed by atoms with van der Waals surface area (Å²) in [6.07, 6.45) is 13.0. The molecule has 0 spiro atoms. The molecule has 1 saturated carbocycles. The predicted molar refractivity (Wildman–Crippen MR) is 125 cm³/mol. The Bertz CT molecular complexity index is 886. The van der Waals surface area contributed by atoms with Gasteiger partial charge in [0.15, 0.2) is 0 Å². The molecule has 1 fully saturated rings. The van der Waals surface area contributed by atoms with E-state index < -0.39 is 0 Å². The monoisotopic (exact) mass is 400 g/mol. The molecule has 0 radical (unpaired) electrons. The number of rotatable bonds is 2. The molecule has 1 aliphatic rings. The van der Waals surface area contributed by atoms with Gasteiger partial charge < -0.3 is 0 Å². The Morgan fingerprint density at radius 3 is 1.39 bits per heavy atom. The van der Waals surface area contributed by atoms with Gasteiger partial charge in [-0.3, -0.25) is 0 Å². The van der Waals surface area contributed by atoms with Crippen molar-refractivity contribution in [3.05, 3.63) is 83.0 Å². The van der Waals surface area contributed by atoms with Crippen LogP contribution in [0.15, 0.2) is 81.6 Å². The van der Waals surface area contributed by atoms with E-state index >= 15 is 0 Å². The largest absolute Gasteiger partial charge is 0.130 e. The molecule has 2 aromatic carbocycles. The summed E-state index contributed by atoms with van der Waals surface area (Å²) < 4.78 is 0. The summed E-state index contributed by atoms with van der Waals surface area (Å²) in [5, 5.41) is 0. The summed E-state index contributed by atoms with van der Waals surface area (Å²) in [5.41, 5.74) is 4.80. The third-order valence-corrected chi connectivity index (χ3v) is 6.15. The first-order valence-corrected chi connectivity index (χ1v) is 11.9. The molecule has 0 aliphatic heterocycles. The van der Waals surface area contributed by atoms with Crippen molar-refractivity contribution in [1.82, 2.24) is 0 Å². The number of hydrogen-bond donors (Lipinski definition) is 0. The van der Waals surface area contributed by atoms with Gasteiger partial charge in [-0.1, -0.05) is 23.7 Å². The molecule has 0 amide bonds. The van der Waals surface area contributed by atoms with E-state index in [4.69, 9.17) is 0 Å². The molecule has 2 aromatic rings. The number of hydrogen-bond acceptors (Lipinski definition) is 2. The van der Waals surface area contributed by atoms with E-state index in [1.54, 1.807) is 23.5 Å². The molecule has 1 aliphatic carbocycles. The average molecular weight is 401 g/mol. The summed E-state index contributed by atoms with van der Waals surface area (Å²) in [7, 11) is 0. The fourth-order valence-corrected chi connectivity index (χ4v) is 3.86. The van der Waals surface area contributed by atoms with Crippen LogP contribution in [0.5, 0.6) is 0 Å². The van der Waals surface area contributed by atoms with Gasteiger partial charge in [0.25, 0.3) is 0 Å². The van der Waals surface area contributed by atoms with Crippen molar-refractivity contribution in [3.63, 3.8) is 0 Å². The molecule has 0 N–H and O–H groups in total. The lowest BCUT2D eigenvalue weighted by molar-refractivity contribution is 0.680. The first-order chi connectivity index (χ1) is 13.8. The Balaban J connectivity index is 1.72. The van der Waals surface area contributed by atoms with E-state index in [0.717, 1.165) is 24.0 Å². The van der Waals surface area contributed by atoms with E-state index in [-0.39, 0.29) is 0 Å². The molecule has 0 atom stereocenters. The second-order valence-electron chi connectivity index (χ2n) is 6.54. The molecule has 0 aromatic heterocycles. The molecule has 0 heterocycles. The summed E-state index contributed by atoms with van der Waals surface area (Å²) in [5.74, 6) is 13.0. The quantitative estimate of drug-likeness (QED) is 0.395. The molecule has 3 rings (SSSR count). The maximum atomic E-state index is 3.26. The molecule has 0 saturated heterocycles. The smallest absolute Gasteiger partial charge is 0.0249 e. The fraction of sp³-hybridized carbons (Fsp3) is 0.231. The van der Waals surface area contributed by atoms with Gasteiger partial charge in [-0.2, -0.15) is 0 Å². The topological polar surface area (TPSA) is 0 Å². The van der Waals surface area contributed by atoms with Crippen molar-refractivity contribution in [3.8, 4) is 23.7 Å². The molecule has 140 valence electrons. The zero-order chi connectivity index (χ0) is 19.6. The van der Waals surface area contributed by atoms with Crippen molar-refractivity contribution in [2.45, 2.75) is 35.5 Å². The second kappa shape index (κ2) is 10.9. The van der Waals surface area contributed by atoms with Crippen LogP contribution in [-0.2, 0) is 0 Å². The van der Waals surface area contributed by atoms with E-state index in [1.807, 2.05) is 0 Å². The fourth-order valence-electron chi connectivity index (χ4n) is 3.04. The van der Waals surface area contributed by atoms with Crippen LogP contribution >= 0.6 is 23.5 Å². The zero-order valence-corrected chi connectivity index (χ0v) is 18.1. The van der Waals surface area contributed by atoms with E-state index in [1.165, 1.54) is 33.8 Å². The molecule has 2 heteroatoms. The van der Waals surface area contributed by atoms with Crippen LogP contribution in [0, 0.1) is 23.7 Å². The second-order valence-corrected chi connectivity index (χ2v) is 8.30. The summed E-state index contributed by atoms with van der Waals surface area (Å²) in [6.45, 7) is 0. The third-order valence-electron chi connectivity index (χ3n) is 4.66. The van der Waals surface area contributed by atoms with E-state index in [2.05, 4.69) is 96.9 Å². The van der Waals surface area contributed by atoms with Crippen molar-refractivity contribution >= 4 is 23.5 Å². The highest BCUT2D eigenvalue weighted by Gasteiger charge is 2.10. The van der Waals surface area contributed by atoms with Crippen LogP contribution in [0.1, 0.15) is 36.8 Å². The van der Waals surface area contributed by atoms with Gasteiger partial charge in [-0.05, 0) is 110 Å². The van der Waals surface area contributed by atoms with Crippen LogP contribution in [0.4, 0.5) is 0 Å². The zero-order valence-electron chi connectivity index (χ0n) is 16.4. The standard InChI is InChI=1S/C26H24S2/c1-27-25-17-13-21(14-18-25)7-5-11-23-9-3-4-10-24(23)12-6-8-22-15-19-26(28-2)20-16-22/h11-20H,3-4,9-10H2,1-2H3/b23-11-,24-12+. The minimum Gasteiger partial charge on any atom is -0.130 e. The maximum absolute atomic E-state index is 3.26. The summed E-state index contributed by atoms with van der Waals surface area (Å²) in [6, 6.07) is 16.8. The van der Waals surface area contributed by atoms with E-state index in [0.29, 0.717) is 0 Å². The molecular weight excluding hydrogens is 376 g/mol. The lowest BCUT2D eigenvalue weighted by Crippen LogP contribution is -1.98. The Morgan fingerprint density at radius 2 is 1.04 bits per heavy atom. The molecule has 0 bridgehead atoms. The highest BCUT2D eigenvalue weighted by atomic mass is 32.2. The third kappa shape index (κ3) is 6.13. The Kier molecular flexibility index (Phi) is 7.98. The lowest BCUT2D eigenvalue weighted by Gasteiger charge is -2.16. The van der Waals surface area contributed by atoms with Crippen molar-refractivity contribution in [2.24, 2.45) is 0 Å².